The maximum absolute atomic E-state index is 5.70. The number of piperidine rings is 1. The van der Waals surface area contributed by atoms with Crippen LogP contribution in [0.2, 0.25) is 0 Å². The number of hydrogen-bond acceptors (Lipinski definition) is 3. The number of amidine groups is 1. The van der Waals surface area contributed by atoms with Crippen molar-refractivity contribution in [2.45, 2.75) is 56.9 Å². The van der Waals surface area contributed by atoms with Crippen molar-refractivity contribution in [3.8, 4) is 17.6 Å². The minimum absolute atomic E-state index is 0.0877. The number of aliphatic imine (C=N–C) groups is 1. The first kappa shape index (κ1) is 17.4. The monoisotopic (exact) mass is 351 g/mol. The van der Waals surface area contributed by atoms with Crippen LogP contribution in [0.4, 0.5) is 5.69 Å². The van der Waals surface area contributed by atoms with E-state index >= 15 is 0 Å². The molecule has 4 nitrogen and oxygen atoms in total. The normalized spacial score (nSPS) is 23.6. The van der Waals surface area contributed by atoms with Crippen LogP contribution in [-0.4, -0.2) is 44.0 Å². The Morgan fingerprint density at radius 2 is 1.96 bits per heavy atom. The number of anilines is 1. The van der Waals surface area contributed by atoms with Crippen molar-refractivity contribution in [1.82, 2.24) is 4.90 Å². The van der Waals surface area contributed by atoms with Crippen LogP contribution in [0.5, 0.6) is 5.75 Å². The summed E-state index contributed by atoms with van der Waals surface area (Å²) in [5, 5.41) is 3.54. The zero-order valence-corrected chi connectivity index (χ0v) is 16.2. The molecule has 2 aliphatic heterocycles. The molecule has 0 bridgehead atoms. The fraction of sp³-hybridized carbons (Fsp3) is 0.591. The molecule has 2 heterocycles. The smallest absolute Gasteiger partial charge is 0.134 e. The van der Waals surface area contributed by atoms with Crippen LogP contribution in [0.25, 0.3) is 0 Å². The van der Waals surface area contributed by atoms with Gasteiger partial charge >= 0.3 is 0 Å². The van der Waals surface area contributed by atoms with E-state index in [4.69, 9.17) is 4.74 Å². The summed E-state index contributed by atoms with van der Waals surface area (Å²) in [6.45, 7) is 4.54. The number of hydrogen-bond donors (Lipinski definition) is 1. The number of nitrogens with zero attached hydrogens (tertiary/aromatic N) is 2. The van der Waals surface area contributed by atoms with Crippen LogP contribution in [-0.2, 0) is 5.41 Å². The molecule has 2 fully saturated rings. The molecule has 0 radical (unpaired) electrons. The number of likely N-dealkylation sites (tertiary alicyclic amines) is 1. The highest BCUT2D eigenvalue weighted by molar-refractivity contribution is 6.10. The molecule has 26 heavy (non-hydrogen) atoms. The van der Waals surface area contributed by atoms with Crippen LogP contribution >= 0.6 is 0 Å². The molecule has 1 aromatic carbocycles. The van der Waals surface area contributed by atoms with Crippen molar-refractivity contribution in [1.29, 1.82) is 0 Å². The second-order valence-electron chi connectivity index (χ2n) is 7.77. The Bertz CT molecular complexity index is 777. The lowest BCUT2D eigenvalue weighted by molar-refractivity contribution is 0.206. The third-order valence-electron chi connectivity index (χ3n) is 6.35. The maximum Gasteiger partial charge on any atom is 0.134 e. The van der Waals surface area contributed by atoms with E-state index in [-0.39, 0.29) is 11.5 Å². The van der Waals surface area contributed by atoms with E-state index in [9.17, 15) is 0 Å². The van der Waals surface area contributed by atoms with E-state index in [0.29, 0.717) is 0 Å². The van der Waals surface area contributed by atoms with Gasteiger partial charge in [0.05, 0.1) is 24.1 Å². The number of benzene rings is 1. The van der Waals surface area contributed by atoms with Gasteiger partial charge < -0.3 is 10.1 Å². The topological polar surface area (TPSA) is 36.9 Å². The standard InChI is InChI=1S/C22H29N3O/c1-16(25-12-5-4-6-13-25)8-9-17-14-19-18(15-20(17)26-3)22(10-7-11-22)21(23-2)24-19/h14-16H,4-7,10-13H2,1-3H3,(H,23,24)/t16-/m0/s1. The summed E-state index contributed by atoms with van der Waals surface area (Å²) in [4.78, 5) is 7.01. The van der Waals surface area contributed by atoms with Crippen molar-refractivity contribution in [2.24, 2.45) is 4.99 Å². The van der Waals surface area contributed by atoms with E-state index in [2.05, 4.69) is 46.1 Å². The van der Waals surface area contributed by atoms with Crippen molar-refractivity contribution in [2.75, 3.05) is 32.6 Å². The van der Waals surface area contributed by atoms with E-state index < -0.39 is 0 Å². The summed E-state index contributed by atoms with van der Waals surface area (Å²) < 4.78 is 5.70. The predicted molar refractivity (Wildman–Crippen MR) is 107 cm³/mol. The molecule has 0 amide bonds. The zero-order chi connectivity index (χ0) is 18.1. The molecule has 4 rings (SSSR count). The Kier molecular flexibility index (Phi) is 4.67. The van der Waals surface area contributed by atoms with Crippen LogP contribution < -0.4 is 10.1 Å². The summed E-state index contributed by atoms with van der Waals surface area (Å²) >= 11 is 0. The molecule has 1 saturated heterocycles. The molecule has 1 spiro atoms. The third-order valence-corrected chi connectivity index (χ3v) is 6.35. The van der Waals surface area contributed by atoms with Crippen LogP contribution in [0.1, 0.15) is 56.6 Å². The Labute approximate surface area is 157 Å². The molecule has 0 unspecified atom stereocenters. The molecule has 1 saturated carbocycles. The Morgan fingerprint density at radius 1 is 1.19 bits per heavy atom. The van der Waals surface area contributed by atoms with E-state index in [1.165, 1.54) is 44.1 Å². The van der Waals surface area contributed by atoms with E-state index in [0.717, 1.165) is 35.9 Å². The molecule has 3 aliphatic rings. The number of rotatable bonds is 2. The number of ether oxygens (including phenoxy) is 1. The summed E-state index contributed by atoms with van der Waals surface area (Å²) in [7, 11) is 3.62. The van der Waals surface area contributed by atoms with E-state index in [1.54, 1.807) is 7.11 Å². The Hall–Kier alpha value is -1.99. The quantitative estimate of drug-likeness (QED) is 0.824. The van der Waals surface area contributed by atoms with Gasteiger partial charge in [-0.15, -0.1) is 0 Å². The third kappa shape index (κ3) is 2.79. The summed E-state index contributed by atoms with van der Waals surface area (Å²) in [6.07, 6.45) is 7.53. The fourth-order valence-electron chi connectivity index (χ4n) is 4.61. The number of fused-ring (bicyclic) bond motifs is 2. The first-order valence-electron chi connectivity index (χ1n) is 9.90. The second kappa shape index (κ2) is 6.96. The van der Waals surface area contributed by atoms with Gasteiger partial charge in [0.1, 0.15) is 11.6 Å². The maximum atomic E-state index is 5.70. The average Bonchev–Trinajstić information content (AvgIpc) is 2.99. The van der Waals surface area contributed by atoms with Crippen molar-refractivity contribution < 1.29 is 4.74 Å². The molecule has 0 aromatic heterocycles. The molecule has 1 aliphatic carbocycles. The largest absolute Gasteiger partial charge is 0.495 e. The van der Waals surface area contributed by atoms with Crippen molar-refractivity contribution in [3.05, 3.63) is 23.3 Å². The lowest BCUT2D eigenvalue weighted by Gasteiger charge is -2.38. The lowest BCUT2D eigenvalue weighted by Crippen LogP contribution is -2.41. The molecule has 1 N–H and O–H groups in total. The van der Waals surface area contributed by atoms with Gasteiger partial charge in [0.25, 0.3) is 0 Å². The first-order valence-corrected chi connectivity index (χ1v) is 9.90. The van der Waals surface area contributed by atoms with Gasteiger partial charge in [-0.3, -0.25) is 9.89 Å². The van der Waals surface area contributed by atoms with Gasteiger partial charge in [-0.2, -0.15) is 0 Å². The van der Waals surface area contributed by atoms with Crippen LogP contribution in [0.3, 0.4) is 0 Å². The zero-order valence-electron chi connectivity index (χ0n) is 16.2. The van der Waals surface area contributed by atoms with Gasteiger partial charge in [0, 0.05) is 12.7 Å². The molecule has 1 atom stereocenters. The second-order valence-corrected chi connectivity index (χ2v) is 7.77. The predicted octanol–water partition coefficient (Wildman–Crippen LogP) is 3.80. The summed E-state index contributed by atoms with van der Waals surface area (Å²) in [6, 6.07) is 4.63. The Balaban J connectivity index is 1.64. The van der Waals surface area contributed by atoms with Gasteiger partial charge in [-0.05, 0) is 63.4 Å². The average molecular weight is 351 g/mol. The minimum Gasteiger partial charge on any atom is -0.495 e. The van der Waals surface area contributed by atoms with Gasteiger partial charge in [-0.25, -0.2) is 0 Å². The van der Waals surface area contributed by atoms with Crippen molar-refractivity contribution >= 4 is 11.5 Å². The molecule has 4 heteroatoms. The molecule has 1 aromatic rings. The highest BCUT2D eigenvalue weighted by atomic mass is 16.5. The highest BCUT2D eigenvalue weighted by Crippen LogP contribution is 2.52. The van der Waals surface area contributed by atoms with Gasteiger partial charge in [0.15, 0.2) is 0 Å². The fourth-order valence-corrected chi connectivity index (χ4v) is 4.61. The van der Waals surface area contributed by atoms with Gasteiger partial charge in [-0.1, -0.05) is 24.7 Å². The van der Waals surface area contributed by atoms with Crippen LogP contribution in [0.15, 0.2) is 17.1 Å². The van der Waals surface area contributed by atoms with Crippen LogP contribution in [0, 0.1) is 11.8 Å². The lowest BCUT2D eigenvalue weighted by atomic mass is 9.65. The summed E-state index contributed by atoms with van der Waals surface area (Å²) in [5.74, 6) is 8.82. The highest BCUT2D eigenvalue weighted by Gasteiger charge is 2.49. The van der Waals surface area contributed by atoms with E-state index in [1.807, 2.05) is 7.05 Å². The first-order chi connectivity index (χ1) is 12.7. The number of methoxy groups -OCH3 is 1. The van der Waals surface area contributed by atoms with Crippen molar-refractivity contribution in [3.63, 3.8) is 0 Å². The minimum atomic E-state index is 0.0877. The SMILES string of the molecule is CN=C1Nc2cc(C#C[C@H](C)N3CCCCC3)c(OC)cc2C12CCC2. The summed E-state index contributed by atoms with van der Waals surface area (Å²) in [5.41, 5.74) is 3.54. The molecular weight excluding hydrogens is 322 g/mol. The molecular formula is C22H29N3O. The Morgan fingerprint density at radius 3 is 2.58 bits per heavy atom. The van der Waals surface area contributed by atoms with Gasteiger partial charge in [0.2, 0.25) is 0 Å². The number of nitrogens with one attached hydrogen (secondary N) is 1. The molecule has 138 valence electrons.